The van der Waals surface area contributed by atoms with E-state index in [1.807, 2.05) is 0 Å². The Kier molecular flexibility index (Phi) is 4.61. The lowest BCUT2D eigenvalue weighted by molar-refractivity contribution is -0.0524. The van der Waals surface area contributed by atoms with Gasteiger partial charge in [0.25, 0.3) is 0 Å². The zero-order chi connectivity index (χ0) is 13.8. The van der Waals surface area contributed by atoms with Gasteiger partial charge in [-0.25, -0.2) is 0 Å². The van der Waals surface area contributed by atoms with Crippen molar-refractivity contribution >= 4 is 10.1 Å². The van der Waals surface area contributed by atoms with Crippen LogP contribution in [0.4, 0.5) is 13.2 Å². The van der Waals surface area contributed by atoms with Crippen LogP contribution in [-0.4, -0.2) is 13.9 Å². The monoisotopic (exact) mass is 282 g/mol. The number of rotatable bonds is 4. The third kappa shape index (κ3) is 3.63. The second kappa shape index (κ2) is 5.60. The number of hydrogen-bond donors (Lipinski definition) is 0. The van der Waals surface area contributed by atoms with E-state index in [4.69, 9.17) is 0 Å². The SMILES string of the molecule is C=CC=CC1=C(OS(=O)(=O)C(F)(F)F)CCCC1. The van der Waals surface area contributed by atoms with Gasteiger partial charge in [0.15, 0.2) is 0 Å². The molecule has 3 nitrogen and oxygen atoms in total. The van der Waals surface area contributed by atoms with Gasteiger partial charge < -0.3 is 4.18 Å². The molecule has 102 valence electrons. The van der Waals surface area contributed by atoms with Crippen LogP contribution in [0, 0.1) is 0 Å². The summed E-state index contributed by atoms with van der Waals surface area (Å²) in [5.41, 5.74) is -4.93. The standard InChI is InChI=1S/C11H13F3O3S/c1-2-3-6-9-7-4-5-8-10(9)17-18(15,16)11(12,13)14/h2-3,6H,1,4-5,7-8H2. The van der Waals surface area contributed by atoms with E-state index in [-0.39, 0.29) is 12.2 Å². The van der Waals surface area contributed by atoms with Gasteiger partial charge in [-0.2, -0.15) is 21.6 Å². The summed E-state index contributed by atoms with van der Waals surface area (Å²) >= 11 is 0. The van der Waals surface area contributed by atoms with Crippen LogP contribution in [0.15, 0.2) is 36.1 Å². The van der Waals surface area contributed by atoms with E-state index in [0.717, 1.165) is 6.42 Å². The normalized spacial score (nSPS) is 18.2. The number of alkyl halides is 3. The van der Waals surface area contributed by atoms with E-state index in [2.05, 4.69) is 10.8 Å². The molecule has 0 aliphatic heterocycles. The summed E-state index contributed by atoms with van der Waals surface area (Å²) in [6.45, 7) is 3.44. The number of halogens is 3. The predicted molar refractivity (Wildman–Crippen MR) is 60.9 cm³/mol. The molecule has 7 heteroatoms. The fourth-order valence-corrected chi connectivity index (χ4v) is 2.09. The maximum atomic E-state index is 12.2. The Hall–Kier alpha value is -1.24. The van der Waals surface area contributed by atoms with Crippen molar-refractivity contribution in [2.45, 2.75) is 31.2 Å². The summed E-state index contributed by atoms with van der Waals surface area (Å²) in [6.07, 6.45) is 6.58. The summed E-state index contributed by atoms with van der Waals surface area (Å²) in [7, 11) is -5.57. The molecule has 0 aromatic rings. The van der Waals surface area contributed by atoms with Gasteiger partial charge in [0, 0.05) is 6.42 Å². The van der Waals surface area contributed by atoms with Crippen LogP contribution in [0.3, 0.4) is 0 Å². The Bertz CT molecular complexity index is 472. The Morgan fingerprint density at radius 3 is 2.39 bits per heavy atom. The van der Waals surface area contributed by atoms with Gasteiger partial charge in [0.1, 0.15) is 5.76 Å². The summed E-state index contributed by atoms with van der Waals surface area (Å²) in [5, 5.41) is 0. The quantitative estimate of drug-likeness (QED) is 0.451. The number of allylic oxidation sites excluding steroid dienone is 5. The van der Waals surface area contributed by atoms with Crippen molar-refractivity contribution in [3.8, 4) is 0 Å². The average Bonchev–Trinajstić information content (AvgIpc) is 2.26. The third-order valence-electron chi connectivity index (χ3n) is 2.39. The van der Waals surface area contributed by atoms with E-state index in [9.17, 15) is 21.6 Å². The molecule has 0 fully saturated rings. The summed E-state index contributed by atoms with van der Waals surface area (Å²) in [4.78, 5) is 0. The molecular formula is C11H13F3O3S. The predicted octanol–water partition coefficient (Wildman–Crippen LogP) is 3.42. The fourth-order valence-electron chi connectivity index (χ4n) is 1.54. The lowest BCUT2D eigenvalue weighted by atomic mass is 9.97. The molecule has 0 atom stereocenters. The Balaban J connectivity index is 3.02. The molecular weight excluding hydrogens is 269 g/mol. The third-order valence-corrected chi connectivity index (χ3v) is 3.37. The Morgan fingerprint density at radius 2 is 1.83 bits per heavy atom. The highest BCUT2D eigenvalue weighted by Crippen LogP contribution is 2.32. The molecule has 0 aromatic heterocycles. The van der Waals surface area contributed by atoms with Crippen molar-refractivity contribution in [1.82, 2.24) is 0 Å². The van der Waals surface area contributed by atoms with Gasteiger partial charge in [-0.15, -0.1) is 0 Å². The van der Waals surface area contributed by atoms with Crippen LogP contribution >= 0.6 is 0 Å². The first kappa shape index (κ1) is 14.8. The van der Waals surface area contributed by atoms with E-state index in [0.29, 0.717) is 18.4 Å². The zero-order valence-corrected chi connectivity index (χ0v) is 10.4. The molecule has 1 aliphatic rings. The van der Waals surface area contributed by atoms with Crippen molar-refractivity contribution in [2.75, 3.05) is 0 Å². The molecule has 0 heterocycles. The van der Waals surface area contributed by atoms with E-state index >= 15 is 0 Å². The highest BCUT2D eigenvalue weighted by molar-refractivity contribution is 7.87. The van der Waals surface area contributed by atoms with Crippen molar-refractivity contribution in [1.29, 1.82) is 0 Å². The summed E-state index contributed by atoms with van der Waals surface area (Å²) < 4.78 is 62.6. The number of hydrogen-bond acceptors (Lipinski definition) is 3. The van der Waals surface area contributed by atoms with Crippen molar-refractivity contribution in [2.24, 2.45) is 0 Å². The molecule has 1 rings (SSSR count). The summed E-state index contributed by atoms with van der Waals surface area (Å²) in [5.74, 6) is -0.128. The van der Waals surface area contributed by atoms with Gasteiger partial charge in [-0.1, -0.05) is 24.8 Å². The molecule has 0 aromatic carbocycles. The summed E-state index contributed by atoms with van der Waals surface area (Å²) in [6, 6.07) is 0. The van der Waals surface area contributed by atoms with Gasteiger partial charge in [-0.3, -0.25) is 0 Å². The minimum absolute atomic E-state index is 0.128. The van der Waals surface area contributed by atoms with Gasteiger partial charge in [0.05, 0.1) is 0 Å². The maximum Gasteiger partial charge on any atom is 0.534 e. The Labute approximate surface area is 104 Å². The molecule has 0 bridgehead atoms. The van der Waals surface area contributed by atoms with Gasteiger partial charge in [0.2, 0.25) is 0 Å². The second-order valence-electron chi connectivity index (χ2n) is 3.73. The minimum atomic E-state index is -5.57. The first-order valence-electron chi connectivity index (χ1n) is 5.30. The van der Waals surface area contributed by atoms with Gasteiger partial charge in [-0.05, 0) is 24.8 Å². The van der Waals surface area contributed by atoms with E-state index < -0.39 is 15.6 Å². The maximum absolute atomic E-state index is 12.2. The van der Waals surface area contributed by atoms with Crippen molar-refractivity contribution in [3.63, 3.8) is 0 Å². The molecule has 0 saturated heterocycles. The fraction of sp³-hybridized carbons (Fsp3) is 0.455. The highest BCUT2D eigenvalue weighted by atomic mass is 32.2. The molecule has 0 amide bonds. The van der Waals surface area contributed by atoms with Crippen LogP contribution in [0.5, 0.6) is 0 Å². The lowest BCUT2D eigenvalue weighted by Gasteiger charge is -2.19. The first-order chi connectivity index (χ1) is 8.28. The zero-order valence-electron chi connectivity index (χ0n) is 9.53. The van der Waals surface area contributed by atoms with Crippen LogP contribution in [0.25, 0.3) is 0 Å². The van der Waals surface area contributed by atoms with Crippen LogP contribution in [0.2, 0.25) is 0 Å². The molecule has 18 heavy (non-hydrogen) atoms. The van der Waals surface area contributed by atoms with E-state index in [1.165, 1.54) is 18.2 Å². The molecule has 0 unspecified atom stereocenters. The molecule has 0 N–H and O–H groups in total. The highest BCUT2D eigenvalue weighted by Gasteiger charge is 2.49. The van der Waals surface area contributed by atoms with Crippen molar-refractivity contribution in [3.05, 3.63) is 36.1 Å². The molecule has 1 aliphatic carbocycles. The average molecular weight is 282 g/mol. The van der Waals surface area contributed by atoms with Gasteiger partial charge >= 0.3 is 15.6 Å². The van der Waals surface area contributed by atoms with Crippen molar-refractivity contribution < 1.29 is 25.8 Å². The van der Waals surface area contributed by atoms with E-state index in [1.54, 1.807) is 0 Å². The second-order valence-corrected chi connectivity index (χ2v) is 5.27. The first-order valence-corrected chi connectivity index (χ1v) is 6.70. The van der Waals surface area contributed by atoms with Crippen LogP contribution in [-0.2, 0) is 14.3 Å². The van der Waals surface area contributed by atoms with Crippen LogP contribution in [0.1, 0.15) is 25.7 Å². The molecule has 0 spiro atoms. The molecule has 0 radical (unpaired) electrons. The topological polar surface area (TPSA) is 43.4 Å². The largest absolute Gasteiger partial charge is 0.534 e. The molecule has 0 saturated carbocycles. The minimum Gasteiger partial charge on any atom is -0.380 e. The Morgan fingerprint density at radius 1 is 1.22 bits per heavy atom. The smallest absolute Gasteiger partial charge is 0.380 e. The lowest BCUT2D eigenvalue weighted by Crippen LogP contribution is -2.26. The van der Waals surface area contributed by atoms with Crippen LogP contribution < -0.4 is 0 Å².